The fourth-order valence-electron chi connectivity index (χ4n) is 7.01. The summed E-state index contributed by atoms with van der Waals surface area (Å²) in [5, 5.41) is 19.4. The SMILES string of the molecule is CCC(C)C(C(=O)NC(Cc1ccccc1)C(O)CN(Cc1ccc(OC)c(OC)c1)NC(=O)C(NC(=O)OC)C(C)(C)C)N1CCN(Cc2cccc(C)n2)C1=O. The predicted octanol–water partition coefficient (Wildman–Crippen LogP) is 4.45. The first-order chi connectivity index (χ1) is 27.6. The van der Waals surface area contributed by atoms with Gasteiger partial charge in [0.2, 0.25) is 5.91 Å². The molecule has 0 bridgehead atoms. The van der Waals surface area contributed by atoms with E-state index in [9.17, 15) is 24.3 Å². The van der Waals surface area contributed by atoms with Crippen LogP contribution < -0.4 is 25.5 Å². The monoisotopic (exact) mass is 803 g/mol. The summed E-state index contributed by atoms with van der Waals surface area (Å²) in [5.74, 6) is -0.132. The van der Waals surface area contributed by atoms with Gasteiger partial charge >= 0.3 is 12.1 Å². The van der Waals surface area contributed by atoms with E-state index in [4.69, 9.17) is 14.2 Å². The molecule has 1 aliphatic heterocycles. The van der Waals surface area contributed by atoms with Crippen LogP contribution in [0.3, 0.4) is 0 Å². The molecule has 5 amide bonds. The first-order valence-corrected chi connectivity index (χ1v) is 19.7. The van der Waals surface area contributed by atoms with Gasteiger partial charge in [0.25, 0.3) is 5.91 Å². The molecular weight excluding hydrogens is 743 g/mol. The second-order valence-electron chi connectivity index (χ2n) is 15.9. The first kappa shape index (κ1) is 45.3. The van der Waals surface area contributed by atoms with Crippen molar-refractivity contribution in [2.45, 2.75) is 91.7 Å². The van der Waals surface area contributed by atoms with Crippen molar-refractivity contribution < 1.29 is 38.5 Å². The van der Waals surface area contributed by atoms with Crippen LogP contribution >= 0.6 is 0 Å². The van der Waals surface area contributed by atoms with E-state index in [2.05, 4.69) is 21.0 Å². The summed E-state index contributed by atoms with van der Waals surface area (Å²) in [6.45, 7) is 12.3. The number of amides is 5. The zero-order chi connectivity index (χ0) is 42.6. The molecule has 3 aromatic rings. The van der Waals surface area contributed by atoms with Crippen molar-refractivity contribution in [2.75, 3.05) is 41.0 Å². The minimum absolute atomic E-state index is 0.105. The lowest BCUT2D eigenvalue weighted by Gasteiger charge is -2.36. The van der Waals surface area contributed by atoms with Crippen molar-refractivity contribution in [3.63, 3.8) is 0 Å². The van der Waals surface area contributed by atoms with E-state index >= 15 is 0 Å². The Hall–Kier alpha value is -5.41. The second kappa shape index (κ2) is 20.8. The largest absolute Gasteiger partial charge is 0.493 e. The number of nitrogens with zero attached hydrogens (tertiary/aromatic N) is 4. The smallest absolute Gasteiger partial charge is 0.407 e. The van der Waals surface area contributed by atoms with Crippen molar-refractivity contribution in [1.82, 2.24) is 35.9 Å². The van der Waals surface area contributed by atoms with Crippen LogP contribution in [0.15, 0.2) is 66.7 Å². The number of hydrogen-bond acceptors (Lipinski definition) is 10. The number of methoxy groups -OCH3 is 3. The fraction of sp³-hybridized carbons (Fsp3) is 0.512. The van der Waals surface area contributed by atoms with Crippen LogP contribution in [0.4, 0.5) is 9.59 Å². The van der Waals surface area contributed by atoms with E-state index in [0.29, 0.717) is 37.6 Å². The van der Waals surface area contributed by atoms with Gasteiger partial charge in [0.05, 0.1) is 45.7 Å². The number of hydrogen-bond donors (Lipinski definition) is 4. The lowest BCUT2D eigenvalue weighted by Crippen LogP contribution is -2.60. The highest BCUT2D eigenvalue weighted by molar-refractivity contribution is 5.88. The molecule has 0 spiro atoms. The predicted molar refractivity (Wildman–Crippen MR) is 220 cm³/mol. The van der Waals surface area contributed by atoms with E-state index in [1.54, 1.807) is 26.9 Å². The van der Waals surface area contributed by atoms with Gasteiger partial charge in [0.15, 0.2) is 11.5 Å². The zero-order valence-corrected chi connectivity index (χ0v) is 35.3. The number of aromatic nitrogens is 1. The molecule has 0 saturated carbocycles. The zero-order valence-electron chi connectivity index (χ0n) is 35.3. The number of carbonyl (C=O) groups is 4. The summed E-state index contributed by atoms with van der Waals surface area (Å²) in [7, 11) is 4.28. The summed E-state index contributed by atoms with van der Waals surface area (Å²) in [6.07, 6.45) is -1.11. The number of urea groups is 1. The van der Waals surface area contributed by atoms with Gasteiger partial charge < -0.3 is 39.8 Å². The first-order valence-electron chi connectivity index (χ1n) is 19.7. The number of alkyl carbamates (subject to hydrolysis) is 1. The third-order valence-electron chi connectivity index (χ3n) is 10.4. The highest BCUT2D eigenvalue weighted by Gasteiger charge is 2.41. The third-order valence-corrected chi connectivity index (χ3v) is 10.4. The van der Waals surface area contributed by atoms with Gasteiger partial charge in [-0.15, -0.1) is 0 Å². The van der Waals surface area contributed by atoms with Crippen LogP contribution in [0.2, 0.25) is 0 Å². The molecule has 58 heavy (non-hydrogen) atoms. The molecule has 2 aromatic carbocycles. The molecule has 1 aromatic heterocycles. The van der Waals surface area contributed by atoms with Gasteiger partial charge in [-0.2, -0.15) is 0 Å². The highest BCUT2D eigenvalue weighted by Crippen LogP contribution is 2.29. The molecule has 316 valence electrons. The second-order valence-corrected chi connectivity index (χ2v) is 15.9. The van der Waals surface area contributed by atoms with Crippen LogP contribution in [-0.2, 0) is 33.8 Å². The van der Waals surface area contributed by atoms with Gasteiger partial charge in [-0.25, -0.2) is 14.6 Å². The number of rotatable bonds is 19. The maximum Gasteiger partial charge on any atom is 0.407 e. The Bertz CT molecular complexity index is 1840. The van der Waals surface area contributed by atoms with Gasteiger partial charge in [-0.3, -0.25) is 20.0 Å². The molecule has 4 N–H and O–H groups in total. The van der Waals surface area contributed by atoms with Crippen LogP contribution in [0, 0.1) is 18.3 Å². The molecule has 5 unspecified atom stereocenters. The fourth-order valence-corrected chi connectivity index (χ4v) is 7.01. The van der Waals surface area contributed by atoms with Crippen LogP contribution in [0.5, 0.6) is 11.5 Å². The van der Waals surface area contributed by atoms with E-state index in [-0.39, 0.29) is 37.4 Å². The van der Waals surface area contributed by atoms with Crippen molar-refractivity contribution in [3.05, 3.63) is 89.2 Å². The standard InChI is InChI=1S/C43H61N7O8/c1-10-28(2)37(50-22-21-48(42(50)55)26-32-18-14-15-29(3)44-32)39(52)45-33(23-30-16-12-11-13-17-30)34(51)27-49(25-31-19-20-35(56-7)36(24-31)57-8)47-40(53)38(43(4,5)6)46-41(54)58-9/h11-20,24,28,33-34,37-38,51H,10,21-23,25-27H2,1-9H3,(H,45,52)(H,46,54)(H,47,53). The van der Waals surface area contributed by atoms with Crippen molar-refractivity contribution >= 4 is 23.9 Å². The normalized spacial score (nSPS) is 15.6. The molecule has 2 heterocycles. The lowest BCUT2D eigenvalue weighted by atomic mass is 9.86. The third kappa shape index (κ3) is 12.3. The van der Waals surface area contributed by atoms with Crippen molar-refractivity contribution in [1.29, 1.82) is 0 Å². The Labute approximate surface area is 342 Å². The molecule has 0 radical (unpaired) electrons. The molecule has 1 aliphatic rings. The molecule has 4 rings (SSSR count). The number of aliphatic hydroxyl groups excluding tert-OH is 1. The summed E-state index contributed by atoms with van der Waals surface area (Å²) in [5.41, 5.74) is 5.40. The van der Waals surface area contributed by atoms with Crippen molar-refractivity contribution in [3.8, 4) is 11.5 Å². The topological polar surface area (TPSA) is 175 Å². The van der Waals surface area contributed by atoms with E-state index in [1.807, 2.05) is 96.1 Å². The van der Waals surface area contributed by atoms with Crippen LogP contribution in [-0.4, -0.2) is 114 Å². The average Bonchev–Trinajstić information content (AvgIpc) is 3.54. The molecule has 15 nitrogen and oxygen atoms in total. The molecular formula is C43H61N7O8. The van der Waals surface area contributed by atoms with Gasteiger partial charge in [0, 0.05) is 31.9 Å². The lowest BCUT2D eigenvalue weighted by molar-refractivity contribution is -0.132. The number of hydrazine groups is 1. The Balaban J connectivity index is 1.64. The highest BCUT2D eigenvalue weighted by atomic mass is 16.5. The Morgan fingerprint density at radius 1 is 0.914 bits per heavy atom. The maximum absolute atomic E-state index is 14.5. The average molecular weight is 804 g/mol. The number of aliphatic hydroxyl groups is 1. The Kier molecular flexibility index (Phi) is 16.3. The number of nitrogens with one attached hydrogen (secondary N) is 3. The number of aryl methyl sites for hydroxylation is 1. The summed E-state index contributed by atoms with van der Waals surface area (Å²) in [4.78, 5) is 62.5. The van der Waals surface area contributed by atoms with Gasteiger partial charge in [0.1, 0.15) is 12.1 Å². The quantitative estimate of drug-likeness (QED) is 0.127. The molecule has 1 fully saturated rings. The molecule has 15 heteroatoms. The Morgan fingerprint density at radius 3 is 2.24 bits per heavy atom. The number of ether oxygens (including phenoxy) is 3. The number of carbonyl (C=O) groups excluding carboxylic acids is 4. The Morgan fingerprint density at radius 2 is 1.62 bits per heavy atom. The van der Waals surface area contributed by atoms with E-state index < -0.39 is 41.6 Å². The number of pyridine rings is 1. The van der Waals surface area contributed by atoms with Crippen LogP contribution in [0.1, 0.15) is 63.6 Å². The molecule has 0 aliphatic carbocycles. The molecule has 1 saturated heterocycles. The maximum atomic E-state index is 14.5. The van der Waals surface area contributed by atoms with Gasteiger partial charge in [-0.05, 0) is 60.1 Å². The van der Waals surface area contributed by atoms with Gasteiger partial charge in [-0.1, -0.05) is 83.5 Å². The summed E-state index contributed by atoms with van der Waals surface area (Å²) < 4.78 is 15.8. The minimum Gasteiger partial charge on any atom is -0.493 e. The van der Waals surface area contributed by atoms with Crippen LogP contribution in [0.25, 0.3) is 0 Å². The minimum atomic E-state index is -1.23. The molecule has 5 atom stereocenters. The van der Waals surface area contributed by atoms with E-state index in [1.165, 1.54) is 21.3 Å². The van der Waals surface area contributed by atoms with Crippen molar-refractivity contribution in [2.24, 2.45) is 11.3 Å². The summed E-state index contributed by atoms with van der Waals surface area (Å²) in [6, 6.07) is 17.6. The van der Waals surface area contributed by atoms with E-state index in [0.717, 1.165) is 22.5 Å². The summed E-state index contributed by atoms with van der Waals surface area (Å²) >= 11 is 0. The number of benzene rings is 2.